The molecule has 7 nitrogen and oxygen atoms in total. The molecule has 0 bridgehead atoms. The standard InChI is InChI=1S/C48H84N4O3/c1-11-26-50(27-12-2)29-14-30-52-33-31-51(32-34-52)28-13-25-49-43(54)48-22-17-35(3)36(4)42(48)38-15-16-40-45(8)20-19-41(55-37(5)53)44(6,7)39(45)18-21-47(40,10)46(38,9)23-24-48/h15,35-36,39-42H,11-14,16-34H2,1-10H3,(H,49,54)/t35-,36+,39+,40-,41+,42+,45+,46-,47-,48+/m1/s1. The summed E-state index contributed by atoms with van der Waals surface area (Å²) in [6, 6.07) is 0. The molecule has 5 fully saturated rings. The summed E-state index contributed by atoms with van der Waals surface area (Å²) in [6.07, 6.45) is 17.5. The van der Waals surface area contributed by atoms with Crippen molar-refractivity contribution in [3.8, 4) is 0 Å². The average Bonchev–Trinajstić information content (AvgIpc) is 3.13. The van der Waals surface area contributed by atoms with Gasteiger partial charge in [0.2, 0.25) is 5.91 Å². The molecule has 10 atom stereocenters. The van der Waals surface area contributed by atoms with Crippen LogP contribution in [0.4, 0.5) is 0 Å². The number of carbonyl (C=O) groups excluding carboxylic acids is 2. The zero-order chi connectivity index (χ0) is 39.8. The van der Waals surface area contributed by atoms with Crippen LogP contribution >= 0.6 is 0 Å². The van der Waals surface area contributed by atoms with Crippen LogP contribution in [0, 0.1) is 56.7 Å². The number of nitrogens with one attached hydrogen (secondary N) is 1. The lowest BCUT2D eigenvalue weighted by Crippen LogP contribution is -2.66. The van der Waals surface area contributed by atoms with Gasteiger partial charge >= 0.3 is 5.97 Å². The molecule has 1 heterocycles. The van der Waals surface area contributed by atoms with Crippen molar-refractivity contribution in [2.24, 2.45) is 56.7 Å². The summed E-state index contributed by atoms with van der Waals surface area (Å²) in [7, 11) is 0. The molecule has 0 aromatic heterocycles. The Labute approximate surface area is 337 Å². The Hall–Kier alpha value is -1.44. The van der Waals surface area contributed by atoms with Crippen molar-refractivity contribution < 1.29 is 14.3 Å². The minimum atomic E-state index is -0.277. The fraction of sp³-hybridized carbons (Fsp3) is 0.917. The zero-order valence-electron chi connectivity index (χ0n) is 37.4. The highest BCUT2D eigenvalue weighted by Crippen LogP contribution is 2.76. The van der Waals surface area contributed by atoms with E-state index < -0.39 is 0 Å². The van der Waals surface area contributed by atoms with Gasteiger partial charge in [0, 0.05) is 45.1 Å². The van der Waals surface area contributed by atoms with Crippen molar-refractivity contribution in [2.45, 2.75) is 159 Å². The summed E-state index contributed by atoms with van der Waals surface area (Å²) in [5.74, 6) is 2.84. The molecule has 314 valence electrons. The molecule has 0 aromatic carbocycles. The topological polar surface area (TPSA) is 65.1 Å². The van der Waals surface area contributed by atoms with E-state index in [0.717, 1.165) is 77.5 Å². The van der Waals surface area contributed by atoms with E-state index in [4.69, 9.17) is 4.74 Å². The van der Waals surface area contributed by atoms with Crippen molar-refractivity contribution in [2.75, 3.05) is 65.4 Å². The average molecular weight is 765 g/mol. The zero-order valence-corrected chi connectivity index (χ0v) is 37.4. The van der Waals surface area contributed by atoms with Gasteiger partial charge in [-0.3, -0.25) is 9.59 Å². The quantitative estimate of drug-likeness (QED) is 0.108. The fourth-order valence-corrected chi connectivity index (χ4v) is 14.7. The molecule has 55 heavy (non-hydrogen) atoms. The molecule has 1 amide bonds. The van der Waals surface area contributed by atoms with E-state index in [9.17, 15) is 9.59 Å². The second kappa shape index (κ2) is 17.0. The Kier molecular flexibility index (Phi) is 13.4. The number of esters is 1. The summed E-state index contributed by atoms with van der Waals surface area (Å²) in [5, 5.41) is 3.59. The molecule has 6 aliphatic rings. The molecule has 1 saturated heterocycles. The van der Waals surface area contributed by atoms with Crippen molar-refractivity contribution in [1.82, 2.24) is 20.0 Å². The van der Waals surface area contributed by atoms with Gasteiger partial charge < -0.3 is 24.8 Å². The molecule has 4 saturated carbocycles. The molecule has 1 N–H and O–H groups in total. The van der Waals surface area contributed by atoms with E-state index in [-0.39, 0.29) is 39.1 Å². The number of nitrogens with zero attached hydrogens (tertiary/aromatic N) is 3. The van der Waals surface area contributed by atoms with Gasteiger partial charge in [-0.1, -0.05) is 74.0 Å². The fourth-order valence-electron chi connectivity index (χ4n) is 14.7. The van der Waals surface area contributed by atoms with Crippen LogP contribution in [0.2, 0.25) is 0 Å². The van der Waals surface area contributed by atoms with Gasteiger partial charge in [0.25, 0.3) is 0 Å². The van der Waals surface area contributed by atoms with Crippen molar-refractivity contribution >= 4 is 11.9 Å². The van der Waals surface area contributed by atoms with Crippen LogP contribution in [-0.2, 0) is 14.3 Å². The number of fused-ring (bicyclic) bond motifs is 7. The lowest BCUT2D eigenvalue weighted by molar-refractivity contribution is -0.212. The predicted octanol–water partition coefficient (Wildman–Crippen LogP) is 9.21. The van der Waals surface area contributed by atoms with Gasteiger partial charge in [0.05, 0.1) is 5.41 Å². The Morgan fingerprint density at radius 1 is 0.818 bits per heavy atom. The van der Waals surface area contributed by atoms with Crippen molar-refractivity contribution in [3.05, 3.63) is 11.6 Å². The van der Waals surface area contributed by atoms with Gasteiger partial charge in [0.1, 0.15) is 6.10 Å². The minimum Gasteiger partial charge on any atom is -0.462 e. The first-order valence-corrected chi connectivity index (χ1v) is 23.4. The maximum Gasteiger partial charge on any atom is 0.302 e. The van der Waals surface area contributed by atoms with Crippen molar-refractivity contribution in [1.29, 1.82) is 0 Å². The third kappa shape index (κ3) is 7.88. The summed E-state index contributed by atoms with van der Waals surface area (Å²) in [4.78, 5) is 34.7. The molecular formula is C48H84N4O3. The molecule has 0 radical (unpaired) electrons. The third-order valence-corrected chi connectivity index (χ3v) is 18.1. The smallest absolute Gasteiger partial charge is 0.302 e. The normalized spacial score (nSPS) is 40.3. The number of piperazine rings is 1. The summed E-state index contributed by atoms with van der Waals surface area (Å²) in [5.41, 5.74) is 1.87. The van der Waals surface area contributed by atoms with Gasteiger partial charge in [-0.05, 0) is 162 Å². The molecule has 0 aromatic rings. The largest absolute Gasteiger partial charge is 0.462 e. The van der Waals surface area contributed by atoms with Crippen LogP contribution in [0.3, 0.4) is 0 Å². The van der Waals surface area contributed by atoms with E-state index in [2.05, 4.69) is 88.4 Å². The highest BCUT2D eigenvalue weighted by atomic mass is 16.5. The van der Waals surface area contributed by atoms with Crippen LogP contribution < -0.4 is 5.32 Å². The monoisotopic (exact) mass is 765 g/mol. The minimum absolute atomic E-state index is 0.00790. The lowest BCUT2D eigenvalue weighted by Gasteiger charge is -2.71. The Morgan fingerprint density at radius 2 is 1.47 bits per heavy atom. The Morgan fingerprint density at radius 3 is 2.11 bits per heavy atom. The second-order valence-corrected chi connectivity index (χ2v) is 21.2. The molecule has 0 unspecified atom stereocenters. The number of amides is 1. The van der Waals surface area contributed by atoms with E-state index in [1.165, 1.54) is 71.4 Å². The molecule has 1 aliphatic heterocycles. The summed E-state index contributed by atoms with van der Waals surface area (Å²) >= 11 is 0. The Balaban J connectivity index is 1.08. The first kappa shape index (κ1) is 43.1. The van der Waals surface area contributed by atoms with Crippen LogP contribution in [0.15, 0.2) is 11.6 Å². The van der Waals surface area contributed by atoms with Gasteiger partial charge in [-0.15, -0.1) is 0 Å². The van der Waals surface area contributed by atoms with E-state index in [0.29, 0.717) is 35.5 Å². The molecular weight excluding hydrogens is 681 g/mol. The van der Waals surface area contributed by atoms with E-state index >= 15 is 0 Å². The number of carbonyl (C=O) groups is 2. The van der Waals surface area contributed by atoms with Crippen molar-refractivity contribution in [3.63, 3.8) is 0 Å². The highest BCUT2D eigenvalue weighted by molar-refractivity contribution is 5.84. The Bertz CT molecular complexity index is 1370. The first-order chi connectivity index (χ1) is 26.1. The number of hydrogen-bond acceptors (Lipinski definition) is 6. The SMILES string of the molecule is CCCN(CCC)CCCN1CCN(CCCNC(=O)[C@]23CC[C@@H](C)[C@H](C)[C@H]2C2=CC[C@@H]4[C@@]5(C)CC[C@H](OC(C)=O)C(C)(C)[C@@H]5CC[C@@]4(C)[C@]2(C)CC3)CC1. The molecule has 5 aliphatic carbocycles. The predicted molar refractivity (Wildman–Crippen MR) is 227 cm³/mol. The highest BCUT2D eigenvalue weighted by Gasteiger charge is 2.69. The third-order valence-electron chi connectivity index (χ3n) is 18.1. The van der Waals surface area contributed by atoms with Crippen LogP contribution in [-0.4, -0.2) is 98.1 Å². The van der Waals surface area contributed by atoms with Gasteiger partial charge in [0.15, 0.2) is 0 Å². The summed E-state index contributed by atoms with van der Waals surface area (Å²) in [6.45, 7) is 35.2. The second-order valence-electron chi connectivity index (χ2n) is 21.2. The number of allylic oxidation sites excluding steroid dienone is 2. The molecule has 0 spiro atoms. The van der Waals surface area contributed by atoms with Crippen LogP contribution in [0.5, 0.6) is 0 Å². The maximum atomic E-state index is 14.7. The lowest BCUT2D eigenvalue weighted by atomic mass is 9.33. The van der Waals surface area contributed by atoms with E-state index in [1.807, 2.05) is 0 Å². The van der Waals surface area contributed by atoms with Crippen LogP contribution in [0.1, 0.15) is 153 Å². The van der Waals surface area contributed by atoms with Gasteiger partial charge in [-0.2, -0.15) is 0 Å². The van der Waals surface area contributed by atoms with Crippen LogP contribution in [0.25, 0.3) is 0 Å². The van der Waals surface area contributed by atoms with Gasteiger partial charge in [-0.25, -0.2) is 0 Å². The molecule has 6 rings (SSSR count). The number of hydrogen-bond donors (Lipinski definition) is 1. The summed E-state index contributed by atoms with van der Waals surface area (Å²) < 4.78 is 5.99. The number of rotatable bonds is 14. The molecule has 7 heteroatoms. The first-order valence-electron chi connectivity index (χ1n) is 23.4. The van der Waals surface area contributed by atoms with E-state index in [1.54, 1.807) is 12.5 Å². The number of ether oxygens (including phenoxy) is 1. The maximum absolute atomic E-state index is 14.7.